The number of hydrogen-bond donors (Lipinski definition) is 0. The van der Waals surface area contributed by atoms with Gasteiger partial charge >= 0.3 is 6.03 Å². The number of pyridine rings is 1. The lowest BCUT2D eigenvalue weighted by Gasteiger charge is -2.60. The number of halogens is 1. The maximum atomic E-state index is 13.3. The zero-order valence-electron chi connectivity index (χ0n) is 16.9. The molecular weight excluding hydrogens is 367 g/mol. The van der Waals surface area contributed by atoms with Crippen molar-refractivity contribution in [1.29, 1.82) is 0 Å². The Morgan fingerprint density at radius 1 is 1.14 bits per heavy atom. The van der Waals surface area contributed by atoms with Crippen molar-refractivity contribution in [2.75, 3.05) is 42.5 Å². The number of fused-ring (bicyclic) bond motifs is 1. The Bertz CT molecular complexity index is 915. The van der Waals surface area contributed by atoms with Gasteiger partial charge in [-0.1, -0.05) is 19.1 Å². The number of rotatable bonds is 2. The molecule has 0 aliphatic carbocycles. The molecule has 0 bridgehead atoms. The summed E-state index contributed by atoms with van der Waals surface area (Å²) in [6.45, 7) is 6.32. The van der Waals surface area contributed by atoms with E-state index in [0.717, 1.165) is 69.9 Å². The fourth-order valence-corrected chi connectivity index (χ4v) is 4.98. The molecule has 0 saturated carbocycles. The van der Waals surface area contributed by atoms with Crippen LogP contribution in [0.2, 0.25) is 0 Å². The Balaban J connectivity index is 1.24. The van der Waals surface area contributed by atoms with Crippen molar-refractivity contribution in [1.82, 2.24) is 9.88 Å². The van der Waals surface area contributed by atoms with Gasteiger partial charge < -0.3 is 9.80 Å². The van der Waals surface area contributed by atoms with Crippen LogP contribution in [-0.2, 0) is 12.8 Å². The number of benzene rings is 1. The summed E-state index contributed by atoms with van der Waals surface area (Å²) in [6, 6.07) is 9.88. The highest BCUT2D eigenvalue weighted by atomic mass is 19.1. The van der Waals surface area contributed by atoms with E-state index in [4.69, 9.17) is 0 Å². The van der Waals surface area contributed by atoms with Crippen molar-refractivity contribution < 1.29 is 9.18 Å². The van der Waals surface area contributed by atoms with Gasteiger partial charge in [0.1, 0.15) is 11.6 Å². The van der Waals surface area contributed by atoms with Crippen LogP contribution in [0.1, 0.15) is 30.9 Å². The van der Waals surface area contributed by atoms with Gasteiger partial charge in [-0.25, -0.2) is 14.2 Å². The molecule has 0 radical (unpaired) electrons. The van der Waals surface area contributed by atoms with E-state index >= 15 is 0 Å². The van der Waals surface area contributed by atoms with Crippen LogP contribution in [0.25, 0.3) is 0 Å². The van der Waals surface area contributed by atoms with Gasteiger partial charge in [-0.3, -0.25) is 4.90 Å². The highest BCUT2D eigenvalue weighted by Gasteiger charge is 2.54. The second-order valence-electron chi connectivity index (χ2n) is 8.75. The molecule has 29 heavy (non-hydrogen) atoms. The topological polar surface area (TPSA) is 39.7 Å². The van der Waals surface area contributed by atoms with Gasteiger partial charge in [0.2, 0.25) is 0 Å². The van der Waals surface area contributed by atoms with E-state index in [2.05, 4.69) is 35.0 Å². The van der Waals surface area contributed by atoms with Crippen molar-refractivity contribution >= 4 is 17.5 Å². The van der Waals surface area contributed by atoms with E-state index in [1.54, 1.807) is 6.07 Å². The zero-order valence-corrected chi connectivity index (χ0v) is 16.9. The van der Waals surface area contributed by atoms with E-state index < -0.39 is 0 Å². The molecule has 5 nitrogen and oxygen atoms in total. The quantitative estimate of drug-likeness (QED) is 0.776. The number of nitrogens with zero attached hydrogens (tertiary/aromatic N) is 4. The fourth-order valence-electron chi connectivity index (χ4n) is 4.98. The fraction of sp³-hybridized carbons (Fsp3) is 0.478. The first-order chi connectivity index (χ1) is 14.1. The largest absolute Gasteiger partial charge is 0.355 e. The molecular formula is C23H27FN4O. The molecule has 2 saturated heterocycles. The molecule has 0 unspecified atom stereocenters. The van der Waals surface area contributed by atoms with E-state index in [0.29, 0.717) is 0 Å². The van der Waals surface area contributed by atoms with Crippen molar-refractivity contribution in [3.8, 4) is 0 Å². The molecule has 1 spiro atoms. The van der Waals surface area contributed by atoms with Crippen LogP contribution in [0.4, 0.5) is 20.7 Å². The van der Waals surface area contributed by atoms with E-state index in [-0.39, 0.29) is 17.3 Å². The number of urea groups is 1. The Hall–Kier alpha value is -2.63. The molecule has 0 atom stereocenters. The molecule has 152 valence electrons. The first kappa shape index (κ1) is 18.4. The number of likely N-dealkylation sites (tertiary alicyclic amines) is 1. The summed E-state index contributed by atoms with van der Waals surface area (Å²) in [5, 5.41) is 0. The molecule has 1 aromatic carbocycles. The average molecular weight is 394 g/mol. The SMILES string of the molecule is CCc1ccc2c(c1)CCCCN2C(=O)N1CC2(C1)CN(c1ccc(F)cn1)C2. The van der Waals surface area contributed by atoms with Crippen LogP contribution >= 0.6 is 0 Å². The van der Waals surface area contributed by atoms with Crippen LogP contribution in [-0.4, -0.2) is 48.6 Å². The van der Waals surface area contributed by atoms with Gasteiger partial charge in [-0.2, -0.15) is 0 Å². The molecule has 5 rings (SSSR count). The highest BCUT2D eigenvalue weighted by Crippen LogP contribution is 2.42. The van der Waals surface area contributed by atoms with Gasteiger partial charge in [-0.15, -0.1) is 0 Å². The molecule has 2 amide bonds. The van der Waals surface area contributed by atoms with Crippen molar-refractivity contribution in [3.05, 3.63) is 53.5 Å². The number of anilines is 2. The second kappa shape index (κ2) is 7.01. The van der Waals surface area contributed by atoms with Crippen molar-refractivity contribution in [2.24, 2.45) is 5.41 Å². The normalized spacial score (nSPS) is 20.0. The summed E-state index contributed by atoms with van der Waals surface area (Å²) in [4.78, 5) is 23.6. The Labute approximate surface area is 171 Å². The van der Waals surface area contributed by atoms with Crippen LogP contribution in [0.3, 0.4) is 0 Å². The van der Waals surface area contributed by atoms with Crippen LogP contribution in [0.5, 0.6) is 0 Å². The Kier molecular flexibility index (Phi) is 4.45. The number of amides is 2. The van der Waals surface area contributed by atoms with Crippen LogP contribution in [0, 0.1) is 11.2 Å². The molecule has 3 aliphatic heterocycles. The first-order valence-electron chi connectivity index (χ1n) is 10.6. The third kappa shape index (κ3) is 3.24. The third-order valence-electron chi connectivity index (χ3n) is 6.56. The standard InChI is InChI=1S/C23H27FN4O/c1-2-17-6-8-20-18(11-17)5-3-4-10-28(20)22(29)27-15-23(16-27)13-26(14-23)21-9-7-19(24)12-25-21/h6-9,11-12H,2-5,10,13-16H2,1H3. The molecule has 0 N–H and O–H groups in total. The predicted molar refractivity (Wildman–Crippen MR) is 112 cm³/mol. The van der Waals surface area contributed by atoms with Crippen molar-refractivity contribution in [2.45, 2.75) is 32.6 Å². The first-order valence-corrected chi connectivity index (χ1v) is 10.6. The lowest BCUT2D eigenvalue weighted by molar-refractivity contribution is 0.00966. The highest BCUT2D eigenvalue weighted by molar-refractivity contribution is 5.93. The lowest BCUT2D eigenvalue weighted by Crippen LogP contribution is -2.74. The Morgan fingerprint density at radius 3 is 2.69 bits per heavy atom. The van der Waals surface area contributed by atoms with Gasteiger partial charge in [-0.05, 0) is 55.0 Å². The minimum absolute atomic E-state index is 0.140. The Morgan fingerprint density at radius 2 is 1.97 bits per heavy atom. The molecule has 2 aromatic rings. The van der Waals surface area contributed by atoms with Crippen LogP contribution < -0.4 is 9.80 Å². The molecule has 2 fully saturated rings. The second-order valence-corrected chi connectivity index (χ2v) is 8.75. The average Bonchev–Trinajstić information content (AvgIpc) is 2.88. The van der Waals surface area contributed by atoms with Gasteiger partial charge in [0.05, 0.1) is 6.20 Å². The lowest BCUT2D eigenvalue weighted by atomic mass is 9.73. The summed E-state index contributed by atoms with van der Waals surface area (Å²) in [7, 11) is 0. The molecule has 1 aromatic heterocycles. The predicted octanol–water partition coefficient (Wildman–Crippen LogP) is 3.87. The number of aromatic nitrogens is 1. The van der Waals surface area contributed by atoms with Gasteiger partial charge in [0.25, 0.3) is 0 Å². The minimum atomic E-state index is -0.312. The zero-order chi connectivity index (χ0) is 20.0. The summed E-state index contributed by atoms with van der Waals surface area (Å²) in [6.07, 6.45) is 5.52. The molecule has 3 aliphatic rings. The summed E-state index contributed by atoms with van der Waals surface area (Å²) in [5.74, 6) is 0.503. The van der Waals surface area contributed by atoms with E-state index in [9.17, 15) is 9.18 Å². The van der Waals surface area contributed by atoms with E-state index in [1.165, 1.54) is 23.4 Å². The van der Waals surface area contributed by atoms with Crippen LogP contribution in [0.15, 0.2) is 36.5 Å². The van der Waals surface area contributed by atoms with E-state index in [1.807, 2.05) is 9.80 Å². The molecule has 4 heterocycles. The maximum Gasteiger partial charge on any atom is 0.324 e. The summed E-state index contributed by atoms with van der Waals surface area (Å²) >= 11 is 0. The third-order valence-corrected chi connectivity index (χ3v) is 6.56. The number of aryl methyl sites for hydroxylation is 2. The number of carbonyl (C=O) groups excluding carboxylic acids is 1. The maximum absolute atomic E-state index is 13.3. The summed E-state index contributed by atoms with van der Waals surface area (Å²) in [5.41, 5.74) is 3.91. The summed E-state index contributed by atoms with van der Waals surface area (Å²) < 4.78 is 13.1. The minimum Gasteiger partial charge on any atom is -0.355 e. The number of carbonyl (C=O) groups is 1. The smallest absolute Gasteiger partial charge is 0.324 e. The number of hydrogen-bond acceptors (Lipinski definition) is 3. The van der Waals surface area contributed by atoms with Gasteiger partial charge in [0.15, 0.2) is 0 Å². The monoisotopic (exact) mass is 394 g/mol. The molecule has 6 heteroatoms. The van der Waals surface area contributed by atoms with Gasteiger partial charge in [0, 0.05) is 43.8 Å². The van der Waals surface area contributed by atoms with Crippen molar-refractivity contribution in [3.63, 3.8) is 0 Å².